The highest BCUT2D eigenvalue weighted by molar-refractivity contribution is 7.80. The largest absolute Gasteiger partial charge is 0.491 e. The molecule has 1 unspecified atom stereocenters. The summed E-state index contributed by atoms with van der Waals surface area (Å²) < 4.78 is 5.73. The average molecular weight is 384 g/mol. The topological polar surface area (TPSA) is 36.5 Å². The van der Waals surface area contributed by atoms with Gasteiger partial charge in [0.1, 0.15) is 5.75 Å². The van der Waals surface area contributed by atoms with E-state index in [-0.39, 0.29) is 12.1 Å². The van der Waals surface area contributed by atoms with Crippen molar-refractivity contribution in [2.24, 2.45) is 0 Å². The van der Waals surface area contributed by atoms with Crippen molar-refractivity contribution < 1.29 is 4.74 Å². The molecule has 2 aromatic carbocycles. The number of ether oxygens (including phenoxy) is 1. The zero-order valence-corrected chi connectivity index (χ0v) is 17.2. The number of nitrogens with zero attached hydrogens (tertiary/aromatic N) is 1. The van der Waals surface area contributed by atoms with Crippen LogP contribution < -0.4 is 20.3 Å². The van der Waals surface area contributed by atoms with Gasteiger partial charge < -0.3 is 20.3 Å². The highest BCUT2D eigenvalue weighted by Gasteiger charge is 2.13. The summed E-state index contributed by atoms with van der Waals surface area (Å²) in [5.41, 5.74) is 3.45. The lowest BCUT2D eigenvalue weighted by molar-refractivity contribution is 0.242. The lowest BCUT2D eigenvalue weighted by atomic mass is 10.1. The van der Waals surface area contributed by atoms with Gasteiger partial charge in [0.05, 0.1) is 12.1 Å². The molecular formula is C22H29N3OS. The normalized spacial score (nSPS) is 14.9. The van der Waals surface area contributed by atoms with E-state index < -0.39 is 0 Å². The number of anilines is 2. The summed E-state index contributed by atoms with van der Waals surface area (Å²) in [6, 6.07) is 16.8. The molecule has 0 bridgehead atoms. The zero-order chi connectivity index (χ0) is 19.2. The van der Waals surface area contributed by atoms with Crippen LogP contribution in [0.15, 0.2) is 48.5 Å². The maximum absolute atomic E-state index is 5.73. The number of nitrogens with one attached hydrogen (secondary N) is 2. The predicted octanol–water partition coefficient (Wildman–Crippen LogP) is 5.12. The first kappa shape index (κ1) is 19.5. The highest BCUT2D eigenvalue weighted by Crippen LogP contribution is 2.23. The van der Waals surface area contributed by atoms with Gasteiger partial charge in [-0.3, -0.25) is 0 Å². The fourth-order valence-corrected chi connectivity index (χ4v) is 3.61. The third-order valence-corrected chi connectivity index (χ3v) is 4.90. The van der Waals surface area contributed by atoms with Crippen molar-refractivity contribution >= 4 is 28.7 Å². The molecule has 144 valence electrons. The SMILES string of the molecule is CC(C)Oc1cccc(NC(=S)NC(C)c2ccc(N3CCCC3)cc2)c1. The number of rotatable bonds is 6. The Balaban J connectivity index is 1.55. The van der Waals surface area contributed by atoms with E-state index in [9.17, 15) is 0 Å². The molecule has 27 heavy (non-hydrogen) atoms. The molecule has 3 rings (SSSR count). The lowest BCUT2D eigenvalue weighted by Crippen LogP contribution is -2.30. The van der Waals surface area contributed by atoms with Gasteiger partial charge in [-0.15, -0.1) is 0 Å². The molecule has 0 spiro atoms. The number of hydrogen-bond acceptors (Lipinski definition) is 3. The summed E-state index contributed by atoms with van der Waals surface area (Å²) in [5, 5.41) is 7.21. The van der Waals surface area contributed by atoms with Crippen LogP contribution in [0.3, 0.4) is 0 Å². The lowest BCUT2D eigenvalue weighted by Gasteiger charge is -2.21. The minimum atomic E-state index is 0.132. The summed E-state index contributed by atoms with van der Waals surface area (Å²) >= 11 is 5.49. The predicted molar refractivity (Wildman–Crippen MR) is 118 cm³/mol. The highest BCUT2D eigenvalue weighted by atomic mass is 32.1. The summed E-state index contributed by atoms with van der Waals surface area (Å²) in [5.74, 6) is 0.836. The van der Waals surface area contributed by atoms with Crippen LogP contribution >= 0.6 is 12.2 Å². The minimum Gasteiger partial charge on any atom is -0.491 e. The van der Waals surface area contributed by atoms with Gasteiger partial charge in [0.25, 0.3) is 0 Å². The van der Waals surface area contributed by atoms with Crippen LogP contribution in [0.5, 0.6) is 5.75 Å². The Bertz CT molecular complexity index is 754. The molecule has 1 fully saturated rings. The molecule has 1 saturated heterocycles. The van der Waals surface area contributed by atoms with Gasteiger partial charge in [0, 0.05) is 30.5 Å². The summed E-state index contributed by atoms with van der Waals surface area (Å²) in [6.07, 6.45) is 2.74. The Labute approximate surface area is 167 Å². The van der Waals surface area contributed by atoms with E-state index in [4.69, 9.17) is 17.0 Å². The summed E-state index contributed by atoms with van der Waals surface area (Å²) in [7, 11) is 0. The van der Waals surface area contributed by atoms with Crippen LogP contribution in [0.4, 0.5) is 11.4 Å². The third kappa shape index (κ3) is 5.60. The van der Waals surface area contributed by atoms with Crippen LogP contribution in [-0.4, -0.2) is 24.3 Å². The molecular weight excluding hydrogens is 354 g/mol. The van der Waals surface area contributed by atoms with E-state index in [1.54, 1.807) is 0 Å². The molecule has 1 aliphatic heterocycles. The van der Waals surface area contributed by atoms with Gasteiger partial charge >= 0.3 is 0 Å². The quantitative estimate of drug-likeness (QED) is 0.677. The van der Waals surface area contributed by atoms with Crippen molar-refractivity contribution in [2.45, 2.75) is 45.8 Å². The molecule has 2 aromatic rings. The molecule has 4 nitrogen and oxygen atoms in total. The molecule has 1 aliphatic rings. The fraction of sp³-hybridized carbons (Fsp3) is 0.409. The van der Waals surface area contributed by atoms with Gasteiger partial charge in [0.2, 0.25) is 0 Å². The van der Waals surface area contributed by atoms with E-state index in [0.29, 0.717) is 5.11 Å². The Morgan fingerprint density at radius 1 is 1.04 bits per heavy atom. The maximum atomic E-state index is 5.73. The second-order valence-electron chi connectivity index (χ2n) is 7.30. The van der Waals surface area contributed by atoms with Gasteiger partial charge in [-0.2, -0.15) is 0 Å². The molecule has 0 radical (unpaired) electrons. The van der Waals surface area contributed by atoms with E-state index in [1.165, 1.54) is 37.2 Å². The van der Waals surface area contributed by atoms with E-state index in [2.05, 4.69) is 46.7 Å². The summed E-state index contributed by atoms with van der Waals surface area (Å²) in [4.78, 5) is 2.44. The molecule has 0 aromatic heterocycles. The van der Waals surface area contributed by atoms with E-state index in [0.717, 1.165) is 11.4 Å². The van der Waals surface area contributed by atoms with Crippen molar-refractivity contribution in [3.05, 3.63) is 54.1 Å². The molecule has 0 saturated carbocycles. The third-order valence-electron chi connectivity index (χ3n) is 4.68. The monoisotopic (exact) mass is 383 g/mol. The zero-order valence-electron chi connectivity index (χ0n) is 16.4. The van der Waals surface area contributed by atoms with Gasteiger partial charge in [-0.05, 0) is 75.7 Å². The maximum Gasteiger partial charge on any atom is 0.171 e. The number of hydrogen-bond donors (Lipinski definition) is 2. The van der Waals surface area contributed by atoms with Crippen LogP contribution in [-0.2, 0) is 0 Å². The first-order chi connectivity index (χ1) is 13.0. The molecule has 2 N–H and O–H groups in total. The summed E-state index contributed by atoms with van der Waals surface area (Å²) in [6.45, 7) is 8.49. The molecule has 5 heteroatoms. The first-order valence-corrected chi connectivity index (χ1v) is 10.1. The Hall–Kier alpha value is -2.27. The van der Waals surface area contributed by atoms with Crippen molar-refractivity contribution in [3.8, 4) is 5.75 Å². The average Bonchev–Trinajstić information content (AvgIpc) is 3.16. The smallest absolute Gasteiger partial charge is 0.171 e. The fourth-order valence-electron chi connectivity index (χ4n) is 3.32. The Kier molecular flexibility index (Phi) is 6.56. The Morgan fingerprint density at radius 2 is 1.74 bits per heavy atom. The van der Waals surface area contributed by atoms with Crippen LogP contribution in [0, 0.1) is 0 Å². The van der Waals surface area contributed by atoms with Crippen LogP contribution in [0.25, 0.3) is 0 Å². The molecule has 1 heterocycles. The van der Waals surface area contributed by atoms with Gasteiger partial charge in [-0.1, -0.05) is 18.2 Å². The Morgan fingerprint density at radius 3 is 2.41 bits per heavy atom. The first-order valence-electron chi connectivity index (χ1n) is 9.70. The van der Waals surface area contributed by atoms with Gasteiger partial charge in [-0.25, -0.2) is 0 Å². The van der Waals surface area contributed by atoms with E-state index >= 15 is 0 Å². The van der Waals surface area contributed by atoms with Crippen molar-refractivity contribution in [1.82, 2.24) is 5.32 Å². The number of thiocarbonyl (C=S) groups is 1. The van der Waals surface area contributed by atoms with Crippen molar-refractivity contribution in [3.63, 3.8) is 0 Å². The second kappa shape index (κ2) is 9.09. The van der Waals surface area contributed by atoms with Crippen molar-refractivity contribution in [2.75, 3.05) is 23.3 Å². The van der Waals surface area contributed by atoms with Crippen molar-refractivity contribution in [1.29, 1.82) is 0 Å². The number of benzene rings is 2. The second-order valence-corrected chi connectivity index (χ2v) is 7.71. The van der Waals surface area contributed by atoms with Gasteiger partial charge in [0.15, 0.2) is 5.11 Å². The van der Waals surface area contributed by atoms with E-state index in [1.807, 2.05) is 38.1 Å². The molecule has 1 atom stereocenters. The molecule has 0 aliphatic carbocycles. The van der Waals surface area contributed by atoms with Crippen LogP contribution in [0.2, 0.25) is 0 Å². The minimum absolute atomic E-state index is 0.132. The standard InChI is InChI=1S/C22H29N3OS/c1-16(2)26-21-8-6-7-19(15-21)24-22(27)23-17(3)18-9-11-20(12-10-18)25-13-4-5-14-25/h6-12,15-17H,4-5,13-14H2,1-3H3,(H2,23,24,27). The van der Waals surface area contributed by atoms with Crippen LogP contribution in [0.1, 0.15) is 45.2 Å². The molecule has 0 amide bonds.